The Morgan fingerprint density at radius 2 is 0.692 bits per heavy atom. The second kappa shape index (κ2) is 14.8. The Morgan fingerprint density at radius 3 is 1.31 bits per heavy atom. The number of hydrogen-bond acceptors (Lipinski definition) is 3. The number of rotatable bonds is 7. The number of para-hydroxylation sites is 1. The third-order valence-electron chi connectivity index (χ3n) is 13.1. The minimum atomic E-state index is 0.856. The van der Waals surface area contributed by atoms with Crippen LogP contribution in [0.2, 0.25) is 0 Å². The number of benzene rings is 10. The van der Waals surface area contributed by atoms with Gasteiger partial charge in [0.2, 0.25) is 0 Å². The van der Waals surface area contributed by atoms with Crippen molar-refractivity contribution >= 4 is 65.7 Å². The number of aromatic nitrogens is 1. The van der Waals surface area contributed by atoms with Crippen LogP contribution in [0.1, 0.15) is 0 Å². The monoisotopic (exact) mass is 833 g/mol. The number of nitrogens with zero attached hydrogens (tertiary/aromatic N) is 1. The molecule has 4 nitrogen and oxygen atoms in total. The first kappa shape index (κ1) is 37.0. The Labute approximate surface area is 374 Å². The maximum atomic E-state index is 6.47. The Morgan fingerprint density at radius 1 is 0.292 bits per heavy atom. The predicted octanol–water partition coefficient (Wildman–Crippen LogP) is 16.9. The van der Waals surface area contributed by atoms with Crippen LogP contribution in [0, 0.1) is 0 Å². The molecule has 0 amide bonds. The van der Waals surface area contributed by atoms with E-state index in [4.69, 9.17) is 13.6 Å². The molecule has 0 bridgehead atoms. The maximum absolute atomic E-state index is 6.47. The van der Waals surface area contributed by atoms with E-state index in [1.54, 1.807) is 7.11 Å². The van der Waals surface area contributed by atoms with E-state index in [2.05, 4.69) is 211 Å². The average molecular weight is 834 g/mol. The summed E-state index contributed by atoms with van der Waals surface area (Å²) >= 11 is 0. The van der Waals surface area contributed by atoms with Crippen LogP contribution in [-0.2, 0) is 0 Å². The van der Waals surface area contributed by atoms with Gasteiger partial charge in [0.1, 0.15) is 28.1 Å². The molecule has 0 unspecified atom stereocenters. The third-order valence-corrected chi connectivity index (χ3v) is 13.1. The van der Waals surface area contributed by atoms with Gasteiger partial charge in [-0.15, -0.1) is 0 Å². The lowest BCUT2D eigenvalue weighted by Crippen LogP contribution is -1.93. The van der Waals surface area contributed by atoms with Crippen molar-refractivity contribution in [2.24, 2.45) is 0 Å². The van der Waals surface area contributed by atoms with Gasteiger partial charge in [0, 0.05) is 38.0 Å². The molecule has 3 heterocycles. The van der Waals surface area contributed by atoms with E-state index in [0.29, 0.717) is 0 Å². The van der Waals surface area contributed by atoms with Crippen molar-refractivity contribution in [3.05, 3.63) is 218 Å². The molecule has 65 heavy (non-hydrogen) atoms. The normalized spacial score (nSPS) is 11.8. The van der Waals surface area contributed by atoms with Gasteiger partial charge in [-0.1, -0.05) is 127 Å². The summed E-state index contributed by atoms with van der Waals surface area (Å²) in [6.45, 7) is 0. The molecule has 0 aliphatic carbocycles. The molecular formula is C61H39NO3. The Hall–Kier alpha value is -8.60. The number of hydrogen-bond donors (Lipinski definition) is 0. The highest BCUT2D eigenvalue weighted by atomic mass is 16.5. The van der Waals surface area contributed by atoms with E-state index in [-0.39, 0.29) is 0 Å². The Balaban J connectivity index is 0.852. The third kappa shape index (κ3) is 6.22. The van der Waals surface area contributed by atoms with Gasteiger partial charge in [0.15, 0.2) is 0 Å². The zero-order valence-electron chi connectivity index (χ0n) is 35.5. The number of fused-ring (bicyclic) bond motifs is 9. The molecule has 13 aromatic rings. The standard InChI is InChI=1S/C61H39NO3/c1-63-49-25-18-40(19-26-49)39-14-16-41(17-15-39)42-10-7-11-43(32-42)45-21-28-58-52(34-45)53-35-46(22-29-59(53)64-58)47-23-30-60-54(36-47)55-37-48(24-31-61(55)65-60)62-56-13-6-5-12-50(56)51-33-44(20-27-57(51)62)38-8-3-2-4-9-38/h2-37H,1H3. The first-order chi connectivity index (χ1) is 32.1. The largest absolute Gasteiger partial charge is 0.497 e. The summed E-state index contributed by atoms with van der Waals surface area (Å²) in [5, 5.41) is 6.81. The maximum Gasteiger partial charge on any atom is 0.135 e. The van der Waals surface area contributed by atoms with Gasteiger partial charge in [-0.05, 0) is 147 Å². The number of ether oxygens (including phenoxy) is 1. The molecule has 0 spiro atoms. The molecule has 0 fully saturated rings. The van der Waals surface area contributed by atoms with Crippen LogP contribution in [0.3, 0.4) is 0 Å². The number of methoxy groups -OCH3 is 1. The highest BCUT2D eigenvalue weighted by molar-refractivity contribution is 6.12. The molecule has 0 aliphatic rings. The molecule has 3 aromatic heterocycles. The molecule has 0 N–H and O–H groups in total. The van der Waals surface area contributed by atoms with Crippen molar-refractivity contribution < 1.29 is 13.6 Å². The lowest BCUT2D eigenvalue weighted by Gasteiger charge is -2.09. The summed E-state index contributed by atoms with van der Waals surface area (Å²) in [6, 6.07) is 78.0. The quantitative estimate of drug-likeness (QED) is 0.161. The van der Waals surface area contributed by atoms with E-state index in [1.165, 1.54) is 49.6 Å². The second-order valence-corrected chi connectivity index (χ2v) is 16.9. The van der Waals surface area contributed by atoms with Crippen LogP contribution < -0.4 is 4.74 Å². The van der Waals surface area contributed by atoms with Crippen LogP contribution >= 0.6 is 0 Å². The summed E-state index contributed by atoms with van der Waals surface area (Å²) in [4.78, 5) is 0. The predicted molar refractivity (Wildman–Crippen MR) is 269 cm³/mol. The van der Waals surface area contributed by atoms with Crippen LogP contribution in [0.15, 0.2) is 227 Å². The molecule has 306 valence electrons. The van der Waals surface area contributed by atoms with Crippen molar-refractivity contribution in [2.45, 2.75) is 0 Å². The molecule has 0 radical (unpaired) electrons. The summed E-state index contributed by atoms with van der Waals surface area (Å²) in [6.07, 6.45) is 0. The van der Waals surface area contributed by atoms with Gasteiger partial charge in [-0.3, -0.25) is 0 Å². The summed E-state index contributed by atoms with van der Waals surface area (Å²) in [5.74, 6) is 0.856. The van der Waals surface area contributed by atoms with E-state index in [0.717, 1.165) is 83.1 Å². The molecule has 0 saturated heterocycles. The Kier molecular flexibility index (Phi) is 8.40. The molecule has 0 atom stereocenters. The van der Waals surface area contributed by atoms with E-state index in [9.17, 15) is 0 Å². The summed E-state index contributed by atoms with van der Waals surface area (Å²) in [5.41, 5.74) is 18.6. The second-order valence-electron chi connectivity index (χ2n) is 16.9. The van der Waals surface area contributed by atoms with E-state index >= 15 is 0 Å². The van der Waals surface area contributed by atoms with Gasteiger partial charge in [-0.25, -0.2) is 0 Å². The summed E-state index contributed by atoms with van der Waals surface area (Å²) in [7, 11) is 1.69. The van der Waals surface area contributed by atoms with Gasteiger partial charge in [0.25, 0.3) is 0 Å². The average Bonchev–Trinajstić information content (AvgIpc) is 4.05. The molecule has 0 saturated carbocycles. The van der Waals surface area contributed by atoms with Crippen molar-refractivity contribution in [3.63, 3.8) is 0 Å². The lowest BCUT2D eigenvalue weighted by atomic mass is 9.96. The first-order valence-corrected chi connectivity index (χ1v) is 22.0. The minimum Gasteiger partial charge on any atom is -0.497 e. The first-order valence-electron chi connectivity index (χ1n) is 22.0. The summed E-state index contributed by atoms with van der Waals surface area (Å²) < 4.78 is 20.6. The van der Waals surface area contributed by atoms with E-state index in [1.807, 2.05) is 12.1 Å². The van der Waals surface area contributed by atoms with Gasteiger partial charge in [0.05, 0.1) is 18.1 Å². The Bertz CT molecular complexity index is 3960. The van der Waals surface area contributed by atoms with Gasteiger partial charge in [-0.2, -0.15) is 0 Å². The van der Waals surface area contributed by atoms with E-state index < -0.39 is 0 Å². The highest BCUT2D eigenvalue weighted by Gasteiger charge is 2.17. The minimum absolute atomic E-state index is 0.856. The van der Waals surface area contributed by atoms with Crippen LogP contribution in [0.4, 0.5) is 0 Å². The molecule has 10 aromatic carbocycles. The SMILES string of the molecule is COc1ccc(-c2ccc(-c3cccc(-c4ccc5oc6ccc(-c7ccc8oc9ccc(-n%10c%11ccccc%11c%11cc(-c%12ccccc%12)ccc%11%10)cc9c8c7)cc6c5c4)c3)cc2)cc1. The molecule has 4 heteroatoms. The van der Waals surface area contributed by atoms with Crippen LogP contribution in [0.5, 0.6) is 5.75 Å². The fraction of sp³-hybridized carbons (Fsp3) is 0.0164. The molecule has 0 aliphatic heterocycles. The van der Waals surface area contributed by atoms with Crippen molar-refractivity contribution in [3.8, 4) is 67.1 Å². The lowest BCUT2D eigenvalue weighted by molar-refractivity contribution is 0.415. The zero-order valence-corrected chi connectivity index (χ0v) is 35.5. The fourth-order valence-electron chi connectivity index (χ4n) is 9.80. The van der Waals surface area contributed by atoms with Gasteiger partial charge >= 0.3 is 0 Å². The molecular weight excluding hydrogens is 795 g/mol. The van der Waals surface area contributed by atoms with Crippen LogP contribution in [0.25, 0.3) is 127 Å². The smallest absolute Gasteiger partial charge is 0.135 e. The van der Waals surface area contributed by atoms with Crippen molar-refractivity contribution in [1.82, 2.24) is 4.57 Å². The van der Waals surface area contributed by atoms with Gasteiger partial charge < -0.3 is 18.1 Å². The van der Waals surface area contributed by atoms with Crippen molar-refractivity contribution in [1.29, 1.82) is 0 Å². The van der Waals surface area contributed by atoms with Crippen LogP contribution in [-0.4, -0.2) is 11.7 Å². The zero-order chi connectivity index (χ0) is 43.0. The number of furan rings is 2. The highest BCUT2D eigenvalue weighted by Crippen LogP contribution is 2.40. The van der Waals surface area contributed by atoms with Crippen molar-refractivity contribution in [2.75, 3.05) is 7.11 Å². The molecule has 13 rings (SSSR count). The fourth-order valence-corrected chi connectivity index (χ4v) is 9.80. The topological polar surface area (TPSA) is 40.4 Å².